The van der Waals surface area contributed by atoms with Gasteiger partial charge in [0.15, 0.2) is 0 Å². The third-order valence-corrected chi connectivity index (χ3v) is 4.18. The Bertz CT molecular complexity index is 543. The van der Waals surface area contributed by atoms with Crippen molar-refractivity contribution in [2.24, 2.45) is 0 Å². The number of para-hydroxylation sites is 2. The van der Waals surface area contributed by atoms with Gasteiger partial charge in [-0.15, -0.1) is 0 Å². The monoisotopic (exact) mass is 280 g/mol. The highest BCUT2D eigenvalue weighted by Gasteiger charge is 2.12. The molecule has 2 aromatic rings. The first-order valence-corrected chi connectivity index (χ1v) is 8.05. The smallest absolute Gasteiger partial charge is 0.0602 e. The van der Waals surface area contributed by atoms with Crippen LogP contribution in [-0.2, 0) is 6.54 Å². The molecule has 1 heterocycles. The number of nitrogens with one attached hydrogen (secondary N) is 1. The molecule has 1 N–H and O–H groups in total. The van der Waals surface area contributed by atoms with E-state index in [1.165, 1.54) is 55.7 Å². The summed E-state index contributed by atoms with van der Waals surface area (Å²) >= 11 is 0. The Kier molecular flexibility index (Phi) is 4.78. The van der Waals surface area contributed by atoms with E-state index in [1.54, 1.807) is 0 Å². The lowest BCUT2D eigenvalue weighted by atomic mass is 10.2. The highest BCUT2D eigenvalue weighted by Crippen LogP contribution is 2.28. The van der Waals surface area contributed by atoms with Crippen LogP contribution in [0.1, 0.15) is 31.2 Å². The van der Waals surface area contributed by atoms with Crippen LogP contribution in [0.2, 0.25) is 0 Å². The Hall–Kier alpha value is -1.96. The molecule has 1 aliphatic heterocycles. The van der Waals surface area contributed by atoms with Crippen LogP contribution in [-0.4, -0.2) is 13.1 Å². The summed E-state index contributed by atoms with van der Waals surface area (Å²) in [5.74, 6) is 0. The van der Waals surface area contributed by atoms with Gasteiger partial charge < -0.3 is 10.2 Å². The van der Waals surface area contributed by atoms with E-state index in [2.05, 4.69) is 64.8 Å². The Balaban J connectivity index is 1.72. The number of benzene rings is 2. The second kappa shape index (κ2) is 7.16. The number of hydrogen-bond donors (Lipinski definition) is 1. The Morgan fingerprint density at radius 3 is 2.19 bits per heavy atom. The zero-order chi connectivity index (χ0) is 14.3. The van der Waals surface area contributed by atoms with Gasteiger partial charge in [-0.25, -0.2) is 0 Å². The largest absolute Gasteiger partial charge is 0.379 e. The van der Waals surface area contributed by atoms with Crippen molar-refractivity contribution in [1.82, 2.24) is 0 Å². The van der Waals surface area contributed by atoms with Crippen molar-refractivity contribution in [2.75, 3.05) is 23.3 Å². The van der Waals surface area contributed by atoms with E-state index >= 15 is 0 Å². The standard InChI is InChI=1S/C19H24N2/c1-2-9-15-21(14-8-1)19-13-7-6-12-18(19)20-16-17-10-4-3-5-11-17/h3-7,10-13,20H,1-2,8-9,14-16H2. The van der Waals surface area contributed by atoms with Crippen LogP contribution >= 0.6 is 0 Å². The van der Waals surface area contributed by atoms with Crippen LogP contribution in [0.3, 0.4) is 0 Å². The van der Waals surface area contributed by atoms with Gasteiger partial charge in [0.1, 0.15) is 0 Å². The lowest BCUT2D eigenvalue weighted by Crippen LogP contribution is -2.24. The molecule has 0 aromatic heterocycles. The minimum atomic E-state index is 0.881. The predicted molar refractivity (Wildman–Crippen MR) is 90.9 cm³/mol. The number of hydrogen-bond acceptors (Lipinski definition) is 2. The highest BCUT2D eigenvalue weighted by molar-refractivity contribution is 5.70. The van der Waals surface area contributed by atoms with Gasteiger partial charge in [0.25, 0.3) is 0 Å². The van der Waals surface area contributed by atoms with E-state index in [0.29, 0.717) is 0 Å². The molecule has 0 atom stereocenters. The van der Waals surface area contributed by atoms with Crippen LogP contribution in [0.15, 0.2) is 54.6 Å². The lowest BCUT2D eigenvalue weighted by Gasteiger charge is -2.25. The molecule has 2 heteroatoms. The molecule has 0 amide bonds. The van der Waals surface area contributed by atoms with Gasteiger partial charge in [0.05, 0.1) is 11.4 Å². The van der Waals surface area contributed by atoms with Crippen LogP contribution in [0.4, 0.5) is 11.4 Å². The summed E-state index contributed by atoms with van der Waals surface area (Å²) in [5.41, 5.74) is 3.93. The van der Waals surface area contributed by atoms with Crippen molar-refractivity contribution in [1.29, 1.82) is 0 Å². The van der Waals surface area contributed by atoms with Gasteiger partial charge in [-0.2, -0.15) is 0 Å². The van der Waals surface area contributed by atoms with Gasteiger partial charge in [-0.1, -0.05) is 55.3 Å². The molecule has 1 aliphatic rings. The zero-order valence-electron chi connectivity index (χ0n) is 12.6. The summed E-state index contributed by atoms with van der Waals surface area (Å²) in [6, 6.07) is 19.3. The van der Waals surface area contributed by atoms with Crippen molar-refractivity contribution < 1.29 is 0 Å². The third-order valence-electron chi connectivity index (χ3n) is 4.18. The van der Waals surface area contributed by atoms with Crippen molar-refractivity contribution in [3.8, 4) is 0 Å². The highest BCUT2D eigenvalue weighted by atomic mass is 15.1. The molecular formula is C19H24N2. The molecule has 3 rings (SSSR count). The van der Waals surface area contributed by atoms with Crippen LogP contribution < -0.4 is 10.2 Å². The van der Waals surface area contributed by atoms with E-state index < -0.39 is 0 Å². The molecule has 0 radical (unpaired) electrons. The van der Waals surface area contributed by atoms with E-state index in [0.717, 1.165) is 6.54 Å². The Morgan fingerprint density at radius 2 is 1.43 bits per heavy atom. The van der Waals surface area contributed by atoms with Gasteiger partial charge in [0.2, 0.25) is 0 Å². The average molecular weight is 280 g/mol. The van der Waals surface area contributed by atoms with E-state index in [1.807, 2.05) is 0 Å². The van der Waals surface area contributed by atoms with Crippen molar-refractivity contribution in [2.45, 2.75) is 32.2 Å². The molecule has 21 heavy (non-hydrogen) atoms. The summed E-state index contributed by atoms with van der Waals surface area (Å²) in [6.45, 7) is 3.25. The van der Waals surface area contributed by atoms with Gasteiger partial charge in [0, 0.05) is 19.6 Å². The minimum absolute atomic E-state index is 0.881. The maximum absolute atomic E-state index is 3.61. The lowest BCUT2D eigenvalue weighted by molar-refractivity contribution is 0.726. The summed E-state index contributed by atoms with van der Waals surface area (Å²) in [5, 5.41) is 3.61. The first-order chi connectivity index (χ1) is 10.4. The Labute approximate surface area is 127 Å². The fraction of sp³-hybridized carbons (Fsp3) is 0.368. The third kappa shape index (κ3) is 3.78. The molecular weight excluding hydrogens is 256 g/mol. The molecule has 0 saturated carbocycles. The molecule has 1 fully saturated rings. The number of nitrogens with zero attached hydrogens (tertiary/aromatic N) is 1. The van der Waals surface area contributed by atoms with Crippen molar-refractivity contribution in [3.05, 3.63) is 60.2 Å². The number of rotatable bonds is 4. The van der Waals surface area contributed by atoms with E-state index in [-0.39, 0.29) is 0 Å². The second-order valence-electron chi connectivity index (χ2n) is 5.76. The first kappa shape index (κ1) is 14.0. The van der Waals surface area contributed by atoms with Crippen molar-refractivity contribution >= 4 is 11.4 Å². The predicted octanol–water partition coefficient (Wildman–Crippen LogP) is 4.68. The Morgan fingerprint density at radius 1 is 0.762 bits per heavy atom. The fourth-order valence-corrected chi connectivity index (χ4v) is 3.00. The normalized spacial score (nSPS) is 15.5. The molecule has 2 aromatic carbocycles. The maximum Gasteiger partial charge on any atom is 0.0602 e. The summed E-state index contributed by atoms with van der Waals surface area (Å²) < 4.78 is 0. The minimum Gasteiger partial charge on any atom is -0.379 e. The first-order valence-electron chi connectivity index (χ1n) is 8.05. The fourth-order valence-electron chi connectivity index (χ4n) is 3.00. The zero-order valence-corrected chi connectivity index (χ0v) is 12.6. The summed E-state index contributed by atoms with van der Waals surface area (Å²) in [7, 11) is 0. The van der Waals surface area contributed by atoms with Crippen LogP contribution in [0.25, 0.3) is 0 Å². The van der Waals surface area contributed by atoms with E-state index in [4.69, 9.17) is 0 Å². The molecule has 1 saturated heterocycles. The SMILES string of the molecule is c1ccc(CNc2ccccc2N2CCCCCC2)cc1. The topological polar surface area (TPSA) is 15.3 Å². The molecule has 110 valence electrons. The quantitative estimate of drug-likeness (QED) is 0.875. The summed E-state index contributed by atoms with van der Waals surface area (Å²) in [6.07, 6.45) is 5.37. The van der Waals surface area contributed by atoms with Gasteiger partial charge >= 0.3 is 0 Å². The molecule has 0 spiro atoms. The van der Waals surface area contributed by atoms with Crippen LogP contribution in [0.5, 0.6) is 0 Å². The summed E-state index contributed by atoms with van der Waals surface area (Å²) in [4.78, 5) is 2.54. The van der Waals surface area contributed by atoms with Crippen LogP contribution in [0, 0.1) is 0 Å². The molecule has 0 aliphatic carbocycles. The van der Waals surface area contributed by atoms with Gasteiger partial charge in [-0.3, -0.25) is 0 Å². The molecule has 0 bridgehead atoms. The molecule has 0 unspecified atom stereocenters. The maximum atomic E-state index is 3.61. The van der Waals surface area contributed by atoms with Crippen molar-refractivity contribution in [3.63, 3.8) is 0 Å². The number of anilines is 2. The van der Waals surface area contributed by atoms with E-state index in [9.17, 15) is 0 Å². The average Bonchev–Trinajstić information content (AvgIpc) is 2.83. The molecule has 2 nitrogen and oxygen atoms in total. The van der Waals surface area contributed by atoms with Gasteiger partial charge in [-0.05, 0) is 30.5 Å². The second-order valence-corrected chi connectivity index (χ2v) is 5.76.